The Kier molecular flexibility index (Phi) is 4.79. The van der Waals surface area contributed by atoms with Crippen molar-refractivity contribution in [3.63, 3.8) is 0 Å². The molecule has 4 aromatic rings. The quantitative estimate of drug-likeness (QED) is 0.521. The number of carboxylic acids is 1. The van der Waals surface area contributed by atoms with Crippen LogP contribution in [0.25, 0.3) is 27.8 Å². The molecule has 7 nitrogen and oxygen atoms in total. The van der Waals surface area contributed by atoms with Crippen molar-refractivity contribution in [2.75, 3.05) is 5.75 Å². The number of fused-ring (bicyclic) bond motifs is 3. The fourth-order valence-electron chi connectivity index (χ4n) is 2.96. The van der Waals surface area contributed by atoms with E-state index in [1.54, 1.807) is 16.6 Å². The smallest absolute Gasteiger partial charge is 0.313 e. The number of hydrogen-bond donors (Lipinski definition) is 1. The fourth-order valence-corrected chi connectivity index (χ4v) is 3.66. The summed E-state index contributed by atoms with van der Waals surface area (Å²) >= 11 is 1.24. The van der Waals surface area contributed by atoms with Gasteiger partial charge in [0.05, 0.1) is 16.5 Å². The molecule has 0 aliphatic carbocycles. The maximum atomic E-state index is 12.7. The third-order valence-corrected chi connectivity index (χ3v) is 5.40. The number of benzene rings is 2. The maximum Gasteiger partial charge on any atom is 0.313 e. The summed E-state index contributed by atoms with van der Waals surface area (Å²) in [7, 11) is 0. The number of carbonyl (C=O) groups is 1. The molecule has 0 radical (unpaired) electrons. The molecule has 1 atom stereocenters. The Morgan fingerprint density at radius 2 is 1.82 bits per heavy atom. The Morgan fingerprint density at radius 1 is 1.11 bits per heavy atom. The molecule has 28 heavy (non-hydrogen) atoms. The molecule has 0 bridgehead atoms. The van der Waals surface area contributed by atoms with Crippen LogP contribution in [0.4, 0.5) is 0 Å². The summed E-state index contributed by atoms with van der Waals surface area (Å²) in [5.74, 6) is -0.412. The Morgan fingerprint density at radius 3 is 2.57 bits per heavy atom. The molecule has 1 unspecified atom stereocenters. The van der Waals surface area contributed by atoms with E-state index < -0.39 is 11.5 Å². The second-order valence-electron chi connectivity index (χ2n) is 6.20. The Labute approximate surface area is 164 Å². The Bertz CT molecular complexity index is 1240. The minimum absolute atomic E-state index is 0.0592. The molecule has 0 aliphatic heterocycles. The van der Waals surface area contributed by atoms with Gasteiger partial charge in [0.25, 0.3) is 5.56 Å². The minimum atomic E-state index is -0.898. The lowest BCUT2D eigenvalue weighted by Crippen LogP contribution is -2.19. The van der Waals surface area contributed by atoms with Gasteiger partial charge in [-0.1, -0.05) is 42.5 Å². The zero-order chi connectivity index (χ0) is 19.7. The van der Waals surface area contributed by atoms with Crippen LogP contribution in [0.1, 0.15) is 18.0 Å². The second kappa shape index (κ2) is 7.40. The molecule has 1 N–H and O–H groups in total. The van der Waals surface area contributed by atoms with Gasteiger partial charge < -0.3 is 5.11 Å². The number of thioether (sulfide) groups is 1. The van der Waals surface area contributed by atoms with Gasteiger partial charge >= 0.3 is 5.97 Å². The average molecular weight is 392 g/mol. The summed E-state index contributed by atoms with van der Waals surface area (Å²) in [5, 5.41) is 14.0. The molecule has 2 aromatic carbocycles. The molecule has 0 aliphatic rings. The van der Waals surface area contributed by atoms with Crippen molar-refractivity contribution in [2.45, 2.75) is 12.2 Å². The monoisotopic (exact) mass is 392 g/mol. The summed E-state index contributed by atoms with van der Waals surface area (Å²) < 4.78 is 1.56. The van der Waals surface area contributed by atoms with E-state index in [2.05, 4.69) is 10.1 Å². The van der Waals surface area contributed by atoms with Crippen LogP contribution >= 0.6 is 11.8 Å². The van der Waals surface area contributed by atoms with Gasteiger partial charge in [0.2, 0.25) is 0 Å². The second-order valence-corrected chi connectivity index (χ2v) is 7.53. The van der Waals surface area contributed by atoms with Crippen LogP contribution in [0.2, 0.25) is 0 Å². The Hall–Kier alpha value is -3.26. The topological polar surface area (TPSA) is 97.5 Å². The number of aromatic nitrogens is 4. The zero-order valence-corrected chi connectivity index (χ0v) is 15.8. The predicted octanol–water partition coefficient (Wildman–Crippen LogP) is 3.18. The number of rotatable bonds is 5. The molecular weight excluding hydrogens is 376 g/mol. The highest BCUT2D eigenvalue weighted by Crippen LogP contribution is 2.29. The highest BCUT2D eigenvalue weighted by Gasteiger charge is 2.19. The molecule has 0 saturated heterocycles. The highest BCUT2D eigenvalue weighted by molar-refractivity contribution is 8.00. The van der Waals surface area contributed by atoms with E-state index >= 15 is 0 Å². The van der Waals surface area contributed by atoms with E-state index in [9.17, 15) is 9.59 Å². The van der Waals surface area contributed by atoms with Crippen molar-refractivity contribution in [1.29, 1.82) is 0 Å². The van der Waals surface area contributed by atoms with E-state index in [0.29, 0.717) is 27.9 Å². The summed E-state index contributed by atoms with van der Waals surface area (Å²) in [4.78, 5) is 32.6. The molecule has 0 fully saturated rings. The number of hydrogen-bond acceptors (Lipinski definition) is 6. The molecule has 140 valence electrons. The van der Waals surface area contributed by atoms with Gasteiger partial charge in [-0.05, 0) is 19.1 Å². The first-order chi connectivity index (χ1) is 13.5. The van der Waals surface area contributed by atoms with E-state index in [4.69, 9.17) is 10.1 Å². The molecule has 4 rings (SSSR count). The first kappa shape index (κ1) is 18.1. The van der Waals surface area contributed by atoms with Crippen molar-refractivity contribution in [3.05, 3.63) is 70.8 Å². The van der Waals surface area contributed by atoms with Gasteiger partial charge in [-0.2, -0.15) is 14.6 Å². The molecular formula is C20H16N4O3S. The number of aliphatic carboxylic acids is 1. The highest BCUT2D eigenvalue weighted by atomic mass is 32.2. The average Bonchev–Trinajstić information content (AvgIpc) is 2.71. The fraction of sp³-hybridized carbons (Fsp3) is 0.150. The molecule has 0 amide bonds. The first-order valence-corrected chi connectivity index (χ1v) is 9.68. The van der Waals surface area contributed by atoms with Gasteiger partial charge in [0.1, 0.15) is 5.82 Å². The van der Waals surface area contributed by atoms with Gasteiger partial charge in [-0.15, -0.1) is 11.8 Å². The lowest BCUT2D eigenvalue weighted by atomic mass is 10.1. The van der Waals surface area contributed by atoms with E-state index in [-0.39, 0.29) is 16.7 Å². The summed E-state index contributed by atoms with van der Waals surface area (Å²) in [6, 6.07) is 16.5. The van der Waals surface area contributed by atoms with Gasteiger partial charge in [0, 0.05) is 10.9 Å². The normalized spacial score (nSPS) is 12.3. The summed E-state index contributed by atoms with van der Waals surface area (Å²) in [5.41, 5.74) is 1.57. The lowest BCUT2D eigenvalue weighted by molar-refractivity contribution is -0.133. The van der Waals surface area contributed by atoms with Crippen LogP contribution in [0.15, 0.2) is 59.4 Å². The van der Waals surface area contributed by atoms with Crippen LogP contribution in [-0.4, -0.2) is 36.4 Å². The third-order valence-electron chi connectivity index (χ3n) is 4.28. The number of nitrogens with zero attached hydrogens (tertiary/aromatic N) is 4. The van der Waals surface area contributed by atoms with E-state index in [1.165, 1.54) is 11.8 Å². The van der Waals surface area contributed by atoms with Crippen LogP contribution in [0.3, 0.4) is 0 Å². The Balaban J connectivity index is 2.00. The van der Waals surface area contributed by atoms with Crippen molar-refractivity contribution >= 4 is 34.3 Å². The molecule has 2 heterocycles. The molecule has 2 aromatic heterocycles. The standard InChI is InChI=1S/C20H16N4O3S/c1-12(28-11-16(25)26)18-21-15-10-6-5-9-14(15)19-22-20(27)17(23-24(18)19)13-7-3-2-4-8-13/h2-10,12H,11H2,1H3,(H,25,26). The molecule has 8 heteroatoms. The lowest BCUT2D eigenvalue weighted by Gasteiger charge is -2.15. The number of carboxylic acid groups (broad SMARTS) is 1. The predicted molar refractivity (Wildman–Crippen MR) is 109 cm³/mol. The van der Waals surface area contributed by atoms with E-state index in [1.807, 2.05) is 49.4 Å². The van der Waals surface area contributed by atoms with Crippen molar-refractivity contribution < 1.29 is 9.90 Å². The first-order valence-electron chi connectivity index (χ1n) is 8.63. The van der Waals surface area contributed by atoms with Crippen molar-refractivity contribution in [3.8, 4) is 11.3 Å². The van der Waals surface area contributed by atoms with Gasteiger partial charge in [0.15, 0.2) is 11.3 Å². The van der Waals surface area contributed by atoms with Crippen molar-refractivity contribution in [2.24, 2.45) is 0 Å². The maximum absolute atomic E-state index is 12.7. The van der Waals surface area contributed by atoms with Crippen LogP contribution in [0.5, 0.6) is 0 Å². The zero-order valence-electron chi connectivity index (χ0n) is 14.9. The summed E-state index contributed by atoms with van der Waals surface area (Å²) in [6.07, 6.45) is 0. The van der Waals surface area contributed by atoms with Crippen LogP contribution in [-0.2, 0) is 4.79 Å². The third kappa shape index (κ3) is 3.34. The van der Waals surface area contributed by atoms with Crippen molar-refractivity contribution in [1.82, 2.24) is 19.6 Å². The minimum Gasteiger partial charge on any atom is -0.481 e. The molecule has 0 spiro atoms. The summed E-state index contributed by atoms with van der Waals surface area (Å²) in [6.45, 7) is 1.87. The SMILES string of the molecule is CC(SCC(=O)O)c1nc2ccccc2c2nc(=O)c(-c3ccccc3)nn12. The van der Waals surface area contributed by atoms with Crippen LogP contribution in [0, 0.1) is 0 Å². The van der Waals surface area contributed by atoms with E-state index in [0.717, 1.165) is 0 Å². The van der Waals surface area contributed by atoms with Crippen LogP contribution < -0.4 is 5.56 Å². The number of para-hydroxylation sites is 1. The van der Waals surface area contributed by atoms with Gasteiger partial charge in [-0.25, -0.2) is 4.98 Å². The largest absolute Gasteiger partial charge is 0.481 e. The molecule has 0 saturated carbocycles. The van der Waals surface area contributed by atoms with Gasteiger partial charge in [-0.3, -0.25) is 9.59 Å².